The Kier molecular flexibility index (Phi) is 4.73. The van der Waals surface area contributed by atoms with Crippen LogP contribution in [0.4, 0.5) is 0 Å². The van der Waals surface area contributed by atoms with Gasteiger partial charge in [0.15, 0.2) is 0 Å². The summed E-state index contributed by atoms with van der Waals surface area (Å²) in [5.41, 5.74) is 7.66. The van der Waals surface area contributed by atoms with Crippen molar-refractivity contribution in [1.29, 1.82) is 0 Å². The highest BCUT2D eigenvalue weighted by Gasteiger charge is 2.23. The number of nitrogens with zero attached hydrogens (tertiary/aromatic N) is 2. The van der Waals surface area contributed by atoms with Gasteiger partial charge in [-0.05, 0) is 50.8 Å². The molecule has 0 saturated heterocycles. The molecule has 0 atom stereocenters. The van der Waals surface area contributed by atoms with E-state index in [1.807, 2.05) is 41.9 Å². The molecule has 0 spiro atoms. The van der Waals surface area contributed by atoms with E-state index >= 15 is 0 Å². The molecule has 1 saturated carbocycles. The maximum absolute atomic E-state index is 12.7. The summed E-state index contributed by atoms with van der Waals surface area (Å²) in [6, 6.07) is 10.0. The van der Waals surface area contributed by atoms with Crippen molar-refractivity contribution in [3.8, 4) is 5.69 Å². The Morgan fingerprint density at radius 3 is 2.77 bits per heavy atom. The lowest BCUT2D eigenvalue weighted by atomic mass is 9.92. The molecule has 1 amide bonds. The van der Waals surface area contributed by atoms with Gasteiger partial charge in [0.2, 0.25) is 0 Å². The molecule has 2 aromatic heterocycles. The molecule has 3 aromatic rings. The number of para-hydroxylation sites is 1. The third kappa shape index (κ3) is 3.24. The Bertz CT molecular complexity index is 956. The third-order valence-corrected chi connectivity index (χ3v) is 6.39. The van der Waals surface area contributed by atoms with Crippen LogP contribution in [0, 0.1) is 6.92 Å². The van der Waals surface area contributed by atoms with Crippen LogP contribution in [0.15, 0.2) is 30.3 Å². The predicted molar refractivity (Wildman–Crippen MR) is 106 cm³/mol. The van der Waals surface area contributed by atoms with Gasteiger partial charge in [-0.3, -0.25) is 4.79 Å². The Morgan fingerprint density at radius 2 is 2.04 bits per heavy atom. The molecule has 0 bridgehead atoms. The molecular weight excluding hydrogens is 368 g/mol. The van der Waals surface area contributed by atoms with Gasteiger partial charge in [-0.15, -0.1) is 11.3 Å². The van der Waals surface area contributed by atoms with Crippen LogP contribution in [0.1, 0.15) is 41.0 Å². The molecule has 0 aliphatic heterocycles. The summed E-state index contributed by atoms with van der Waals surface area (Å²) >= 11 is 7.78. The summed E-state index contributed by atoms with van der Waals surface area (Å²) < 4.78 is 1.83. The summed E-state index contributed by atoms with van der Waals surface area (Å²) in [5, 5.41) is 9.38. The minimum Gasteiger partial charge on any atom is -0.349 e. The molecule has 1 aliphatic carbocycles. The number of benzene rings is 1. The number of rotatable bonds is 3. The summed E-state index contributed by atoms with van der Waals surface area (Å²) in [4.78, 5) is 14.3. The van der Waals surface area contributed by atoms with Gasteiger partial charge >= 0.3 is 0 Å². The zero-order chi connectivity index (χ0) is 18.3. The van der Waals surface area contributed by atoms with Gasteiger partial charge in [0.25, 0.3) is 5.91 Å². The number of hydrogen-bond donors (Lipinski definition) is 2. The number of nitrogens with two attached hydrogens (primary N) is 1. The lowest BCUT2D eigenvalue weighted by Gasteiger charge is -2.26. The number of amides is 1. The van der Waals surface area contributed by atoms with E-state index in [2.05, 4.69) is 10.4 Å². The van der Waals surface area contributed by atoms with Crippen LogP contribution in [-0.4, -0.2) is 27.8 Å². The van der Waals surface area contributed by atoms with E-state index in [0.29, 0.717) is 9.90 Å². The Hall–Kier alpha value is -1.89. The zero-order valence-corrected chi connectivity index (χ0v) is 16.1. The molecule has 3 N–H and O–H groups in total. The highest BCUT2D eigenvalue weighted by Crippen LogP contribution is 2.32. The van der Waals surface area contributed by atoms with Crippen LogP contribution >= 0.6 is 22.9 Å². The first-order valence-corrected chi connectivity index (χ1v) is 10.0. The molecule has 1 fully saturated rings. The summed E-state index contributed by atoms with van der Waals surface area (Å²) in [6.07, 6.45) is 3.84. The Labute approximate surface area is 161 Å². The largest absolute Gasteiger partial charge is 0.349 e. The van der Waals surface area contributed by atoms with Crippen LogP contribution in [0.3, 0.4) is 0 Å². The molecule has 26 heavy (non-hydrogen) atoms. The van der Waals surface area contributed by atoms with Crippen LogP contribution < -0.4 is 11.1 Å². The van der Waals surface area contributed by atoms with Gasteiger partial charge in [-0.2, -0.15) is 5.10 Å². The van der Waals surface area contributed by atoms with E-state index in [0.717, 1.165) is 47.3 Å². The van der Waals surface area contributed by atoms with Gasteiger partial charge in [-0.1, -0.05) is 23.7 Å². The average molecular weight is 389 g/mol. The van der Waals surface area contributed by atoms with Crippen LogP contribution in [0.2, 0.25) is 5.02 Å². The molecule has 0 radical (unpaired) electrons. The van der Waals surface area contributed by atoms with Crippen LogP contribution in [-0.2, 0) is 0 Å². The fourth-order valence-corrected chi connectivity index (χ4v) is 4.76. The molecule has 7 heteroatoms. The predicted octanol–water partition coefficient (Wildman–Crippen LogP) is 4.05. The second-order valence-corrected chi connectivity index (χ2v) is 8.30. The average Bonchev–Trinajstić information content (AvgIpc) is 3.19. The SMILES string of the molecule is Cc1nn(-c2ccccc2Cl)c2sc(C(=O)NC3CCC(N)CC3)cc12. The summed E-state index contributed by atoms with van der Waals surface area (Å²) in [7, 11) is 0. The minimum atomic E-state index is -0.0169. The van der Waals surface area contributed by atoms with E-state index in [-0.39, 0.29) is 18.0 Å². The number of halogens is 1. The highest BCUT2D eigenvalue weighted by molar-refractivity contribution is 7.20. The normalized spacial score (nSPS) is 20.4. The number of aryl methyl sites for hydroxylation is 1. The van der Waals surface area contributed by atoms with Gasteiger partial charge in [0, 0.05) is 17.5 Å². The standard InChI is InChI=1S/C19H21ClN4OS/c1-11-14-10-17(18(25)22-13-8-6-12(21)7-9-13)26-19(14)24(23-11)16-5-3-2-4-15(16)20/h2-5,10,12-13H,6-9,21H2,1H3,(H,22,25). The van der Waals surface area contributed by atoms with E-state index in [1.54, 1.807) is 0 Å². The summed E-state index contributed by atoms with van der Waals surface area (Å²) in [6.45, 7) is 1.95. The smallest absolute Gasteiger partial charge is 0.261 e. The van der Waals surface area contributed by atoms with Crippen molar-refractivity contribution in [1.82, 2.24) is 15.1 Å². The number of hydrogen-bond acceptors (Lipinski definition) is 4. The van der Waals surface area contributed by atoms with Crippen molar-refractivity contribution in [2.75, 3.05) is 0 Å². The van der Waals surface area contributed by atoms with Gasteiger partial charge in [0.05, 0.1) is 21.3 Å². The maximum atomic E-state index is 12.7. The van der Waals surface area contributed by atoms with Crippen molar-refractivity contribution in [2.24, 2.45) is 5.73 Å². The number of thiophene rings is 1. The maximum Gasteiger partial charge on any atom is 0.261 e. The van der Waals surface area contributed by atoms with Crippen molar-refractivity contribution < 1.29 is 4.79 Å². The number of nitrogens with one attached hydrogen (secondary N) is 1. The second-order valence-electron chi connectivity index (χ2n) is 6.86. The molecule has 4 rings (SSSR count). The number of aromatic nitrogens is 2. The summed E-state index contributed by atoms with van der Waals surface area (Å²) in [5.74, 6) is -0.0169. The van der Waals surface area contributed by atoms with Gasteiger partial charge in [0.1, 0.15) is 4.83 Å². The van der Waals surface area contributed by atoms with Crippen molar-refractivity contribution in [3.05, 3.63) is 45.9 Å². The van der Waals surface area contributed by atoms with E-state index in [4.69, 9.17) is 17.3 Å². The molecule has 2 heterocycles. The topological polar surface area (TPSA) is 72.9 Å². The van der Waals surface area contributed by atoms with Crippen molar-refractivity contribution >= 4 is 39.1 Å². The lowest BCUT2D eigenvalue weighted by molar-refractivity contribution is 0.0930. The van der Waals surface area contributed by atoms with Crippen LogP contribution in [0.5, 0.6) is 0 Å². The molecular formula is C19H21ClN4OS. The Morgan fingerprint density at radius 1 is 1.31 bits per heavy atom. The highest BCUT2D eigenvalue weighted by atomic mass is 35.5. The Balaban J connectivity index is 1.63. The second kappa shape index (κ2) is 7.02. The molecule has 0 unspecified atom stereocenters. The van der Waals surface area contributed by atoms with Gasteiger partial charge in [-0.25, -0.2) is 4.68 Å². The number of carbonyl (C=O) groups excluding carboxylic acids is 1. The first-order valence-electron chi connectivity index (χ1n) is 8.83. The van der Waals surface area contributed by atoms with Crippen molar-refractivity contribution in [2.45, 2.75) is 44.7 Å². The lowest BCUT2D eigenvalue weighted by Crippen LogP contribution is -2.40. The van der Waals surface area contributed by atoms with E-state index in [1.165, 1.54) is 11.3 Å². The van der Waals surface area contributed by atoms with Gasteiger partial charge < -0.3 is 11.1 Å². The third-order valence-electron chi connectivity index (χ3n) is 4.96. The first-order chi connectivity index (χ1) is 12.5. The van der Waals surface area contributed by atoms with Crippen LogP contribution in [0.25, 0.3) is 15.9 Å². The molecule has 5 nitrogen and oxygen atoms in total. The quantitative estimate of drug-likeness (QED) is 0.710. The zero-order valence-electron chi connectivity index (χ0n) is 14.5. The van der Waals surface area contributed by atoms with E-state index in [9.17, 15) is 4.79 Å². The fourth-order valence-electron chi connectivity index (χ4n) is 3.47. The number of carbonyl (C=O) groups is 1. The first kappa shape index (κ1) is 17.5. The molecule has 136 valence electrons. The monoisotopic (exact) mass is 388 g/mol. The minimum absolute atomic E-state index is 0.0169. The number of fused-ring (bicyclic) bond motifs is 1. The fraction of sp³-hybridized carbons (Fsp3) is 0.368. The van der Waals surface area contributed by atoms with E-state index < -0.39 is 0 Å². The molecule has 1 aliphatic rings. The van der Waals surface area contributed by atoms with Crippen molar-refractivity contribution in [3.63, 3.8) is 0 Å². The molecule has 1 aromatic carbocycles.